The van der Waals surface area contributed by atoms with Gasteiger partial charge in [-0.25, -0.2) is 0 Å². The molecule has 3 fully saturated rings. The Kier molecular flexibility index (Phi) is 4.33. The molecule has 1 aromatic rings. The van der Waals surface area contributed by atoms with Crippen LogP contribution in [0.3, 0.4) is 0 Å². The topological polar surface area (TPSA) is 70.1 Å². The van der Waals surface area contributed by atoms with Crippen molar-refractivity contribution in [2.24, 2.45) is 11.8 Å². The summed E-state index contributed by atoms with van der Waals surface area (Å²) >= 11 is 6.25. The van der Waals surface area contributed by atoms with Crippen molar-refractivity contribution in [2.75, 3.05) is 31.1 Å². The molecule has 0 unspecified atom stereocenters. The zero-order chi connectivity index (χ0) is 17.6. The van der Waals surface area contributed by atoms with Crippen molar-refractivity contribution in [1.82, 2.24) is 4.90 Å². The summed E-state index contributed by atoms with van der Waals surface area (Å²) in [7, 11) is 0. The summed E-state index contributed by atoms with van der Waals surface area (Å²) in [5.74, 6) is -2.23. The molecule has 3 aliphatic heterocycles. The first kappa shape index (κ1) is 16.7. The van der Waals surface area contributed by atoms with Gasteiger partial charge in [-0.05, 0) is 25.0 Å². The zero-order valence-corrected chi connectivity index (χ0v) is 14.6. The summed E-state index contributed by atoms with van der Waals surface area (Å²) in [5, 5.41) is 10.2. The molecule has 1 amide bonds. The van der Waals surface area contributed by atoms with Gasteiger partial charge in [0, 0.05) is 26.2 Å². The highest BCUT2D eigenvalue weighted by atomic mass is 35.5. The van der Waals surface area contributed by atoms with Crippen molar-refractivity contribution in [1.29, 1.82) is 0 Å². The molecule has 2 bridgehead atoms. The van der Waals surface area contributed by atoms with E-state index in [4.69, 9.17) is 16.3 Å². The monoisotopic (exact) mass is 364 g/mol. The summed E-state index contributed by atoms with van der Waals surface area (Å²) in [4.78, 5) is 28.5. The van der Waals surface area contributed by atoms with Crippen molar-refractivity contribution in [3.8, 4) is 0 Å². The van der Waals surface area contributed by atoms with E-state index in [1.165, 1.54) is 0 Å². The quantitative estimate of drug-likeness (QED) is 0.886. The normalized spacial score (nSPS) is 31.4. The largest absolute Gasteiger partial charge is 0.481 e. The number of hydrogen-bond acceptors (Lipinski definition) is 4. The number of carbonyl (C=O) groups excluding carboxylic acids is 1. The number of carboxylic acid groups (broad SMARTS) is 1. The van der Waals surface area contributed by atoms with Crippen LogP contribution in [0.1, 0.15) is 12.8 Å². The van der Waals surface area contributed by atoms with E-state index >= 15 is 0 Å². The molecule has 0 saturated carbocycles. The van der Waals surface area contributed by atoms with Crippen LogP contribution in [-0.4, -0.2) is 60.3 Å². The summed E-state index contributed by atoms with van der Waals surface area (Å²) < 4.78 is 5.72. The van der Waals surface area contributed by atoms with Gasteiger partial charge in [0.15, 0.2) is 0 Å². The number of ether oxygens (including phenoxy) is 1. The zero-order valence-electron chi connectivity index (χ0n) is 13.8. The molecule has 1 aromatic carbocycles. The number of aliphatic carboxylic acids is 1. The lowest BCUT2D eigenvalue weighted by Gasteiger charge is -2.38. The first-order valence-corrected chi connectivity index (χ1v) is 9.10. The number of carboxylic acids is 1. The predicted molar refractivity (Wildman–Crippen MR) is 92.8 cm³/mol. The van der Waals surface area contributed by atoms with Gasteiger partial charge >= 0.3 is 5.97 Å². The fraction of sp³-hybridized carbons (Fsp3) is 0.556. The molecule has 3 aliphatic rings. The van der Waals surface area contributed by atoms with Crippen molar-refractivity contribution >= 4 is 29.2 Å². The van der Waals surface area contributed by atoms with Crippen molar-refractivity contribution in [2.45, 2.75) is 25.0 Å². The average Bonchev–Trinajstić information content (AvgIpc) is 3.23. The van der Waals surface area contributed by atoms with E-state index in [2.05, 4.69) is 4.90 Å². The minimum Gasteiger partial charge on any atom is -0.481 e. The number of nitrogens with zero attached hydrogens (tertiary/aromatic N) is 2. The van der Waals surface area contributed by atoms with E-state index in [-0.39, 0.29) is 18.1 Å². The van der Waals surface area contributed by atoms with Crippen LogP contribution in [0.5, 0.6) is 0 Å². The van der Waals surface area contributed by atoms with Gasteiger partial charge in [-0.2, -0.15) is 0 Å². The lowest BCUT2D eigenvalue weighted by Crippen LogP contribution is -2.53. The highest BCUT2D eigenvalue weighted by Gasteiger charge is 2.56. The Hall–Kier alpha value is -1.79. The number of piperazine rings is 1. The standard InChI is InChI=1S/C18H21ClN2O4/c19-11-3-1-2-4-12(11)20-7-9-21(10-8-20)17(22)15-13-5-6-14(25-13)16(15)18(23)24/h1-4,13-16H,5-10H2,(H,23,24)/t13-,14+,15-,16-/m0/s1. The molecule has 3 heterocycles. The third-order valence-corrected chi connectivity index (χ3v) is 5.95. The van der Waals surface area contributed by atoms with E-state index in [1.54, 1.807) is 4.90 Å². The Morgan fingerprint density at radius 3 is 2.32 bits per heavy atom. The number of amides is 1. The number of benzene rings is 1. The lowest BCUT2D eigenvalue weighted by molar-refractivity contribution is -0.151. The van der Waals surface area contributed by atoms with Crippen molar-refractivity contribution in [3.63, 3.8) is 0 Å². The minimum absolute atomic E-state index is 0.0709. The van der Waals surface area contributed by atoms with Crippen LogP contribution in [0.15, 0.2) is 24.3 Å². The average molecular weight is 365 g/mol. The number of carbonyl (C=O) groups is 2. The van der Waals surface area contributed by atoms with Crippen molar-refractivity contribution < 1.29 is 19.4 Å². The lowest BCUT2D eigenvalue weighted by atomic mass is 9.78. The van der Waals surface area contributed by atoms with Crippen LogP contribution >= 0.6 is 11.6 Å². The summed E-state index contributed by atoms with van der Waals surface area (Å²) in [6.45, 7) is 2.53. The number of halogens is 1. The molecule has 4 atom stereocenters. The molecular weight excluding hydrogens is 344 g/mol. The number of fused-ring (bicyclic) bond motifs is 2. The molecule has 25 heavy (non-hydrogen) atoms. The Balaban J connectivity index is 1.43. The minimum atomic E-state index is -0.916. The highest BCUT2D eigenvalue weighted by molar-refractivity contribution is 6.33. The van der Waals surface area contributed by atoms with E-state index in [0.717, 1.165) is 18.5 Å². The van der Waals surface area contributed by atoms with E-state index in [1.807, 2.05) is 24.3 Å². The molecule has 0 aliphatic carbocycles. The Bertz CT molecular complexity index is 689. The van der Waals surface area contributed by atoms with Gasteiger partial charge in [-0.1, -0.05) is 23.7 Å². The van der Waals surface area contributed by atoms with E-state index in [0.29, 0.717) is 31.2 Å². The first-order valence-electron chi connectivity index (χ1n) is 8.73. The smallest absolute Gasteiger partial charge is 0.310 e. The maximum absolute atomic E-state index is 13.0. The summed E-state index contributed by atoms with van der Waals surface area (Å²) in [6.07, 6.45) is 0.983. The SMILES string of the molecule is O=C(O)[C@@H]1[C@@H](C(=O)N2CCN(c3ccccc3Cl)CC2)[C@@H]2CC[C@H]1O2. The number of hydrogen-bond donors (Lipinski definition) is 1. The molecule has 1 N–H and O–H groups in total. The Morgan fingerprint density at radius 1 is 1.04 bits per heavy atom. The van der Waals surface area contributed by atoms with Gasteiger partial charge in [0.25, 0.3) is 0 Å². The molecule has 0 aromatic heterocycles. The molecular formula is C18H21ClN2O4. The van der Waals surface area contributed by atoms with Gasteiger partial charge in [-0.15, -0.1) is 0 Å². The van der Waals surface area contributed by atoms with Crippen LogP contribution in [0.2, 0.25) is 5.02 Å². The molecule has 134 valence electrons. The third-order valence-electron chi connectivity index (χ3n) is 5.63. The van der Waals surface area contributed by atoms with Crippen LogP contribution in [0, 0.1) is 11.8 Å². The maximum Gasteiger partial charge on any atom is 0.310 e. The molecule has 0 spiro atoms. The second-order valence-electron chi connectivity index (χ2n) is 6.94. The summed E-state index contributed by atoms with van der Waals surface area (Å²) in [6, 6.07) is 7.68. The molecule has 4 rings (SSSR count). The fourth-order valence-electron chi connectivity index (χ4n) is 4.39. The van der Waals surface area contributed by atoms with Gasteiger partial charge in [0.2, 0.25) is 5.91 Å². The van der Waals surface area contributed by atoms with Crippen LogP contribution in [0.4, 0.5) is 5.69 Å². The van der Waals surface area contributed by atoms with Crippen LogP contribution in [-0.2, 0) is 14.3 Å². The van der Waals surface area contributed by atoms with Crippen LogP contribution < -0.4 is 4.90 Å². The van der Waals surface area contributed by atoms with Gasteiger partial charge in [0.05, 0.1) is 34.8 Å². The van der Waals surface area contributed by atoms with E-state index in [9.17, 15) is 14.7 Å². The molecule has 6 nitrogen and oxygen atoms in total. The Labute approximate surface area is 151 Å². The highest BCUT2D eigenvalue weighted by Crippen LogP contribution is 2.44. The van der Waals surface area contributed by atoms with Gasteiger partial charge in [0.1, 0.15) is 0 Å². The number of para-hydroxylation sites is 1. The maximum atomic E-state index is 13.0. The van der Waals surface area contributed by atoms with Gasteiger partial charge < -0.3 is 19.6 Å². The molecule has 0 radical (unpaired) electrons. The van der Waals surface area contributed by atoms with Gasteiger partial charge in [-0.3, -0.25) is 9.59 Å². The molecule has 7 heteroatoms. The third kappa shape index (κ3) is 2.87. The number of anilines is 1. The second-order valence-corrected chi connectivity index (χ2v) is 7.35. The number of rotatable bonds is 3. The predicted octanol–water partition coefficient (Wildman–Crippen LogP) is 1.87. The fourth-order valence-corrected chi connectivity index (χ4v) is 4.65. The Morgan fingerprint density at radius 2 is 1.68 bits per heavy atom. The first-order chi connectivity index (χ1) is 12.1. The van der Waals surface area contributed by atoms with Crippen LogP contribution in [0.25, 0.3) is 0 Å². The molecule has 3 saturated heterocycles. The van der Waals surface area contributed by atoms with E-state index < -0.39 is 17.8 Å². The second kappa shape index (κ2) is 6.50. The van der Waals surface area contributed by atoms with Crippen molar-refractivity contribution in [3.05, 3.63) is 29.3 Å². The summed E-state index contributed by atoms with van der Waals surface area (Å²) in [5.41, 5.74) is 0.975.